The summed E-state index contributed by atoms with van der Waals surface area (Å²) in [5.41, 5.74) is 3.10. The molecule has 0 spiro atoms. The van der Waals surface area contributed by atoms with E-state index in [1.54, 1.807) is 6.34 Å². The van der Waals surface area contributed by atoms with Crippen LogP contribution in [-0.2, 0) is 0 Å². The van der Waals surface area contributed by atoms with Crippen molar-refractivity contribution < 1.29 is 0 Å². The maximum Gasteiger partial charge on any atom is 0.147 e. The minimum absolute atomic E-state index is 0.847. The molecule has 0 radical (unpaired) electrons. The molecule has 2 aliphatic rings. The fourth-order valence-electron chi connectivity index (χ4n) is 1.02. The number of hydrogen-bond acceptors (Lipinski definition) is 4. The first-order chi connectivity index (χ1) is 5.88. The molecule has 0 aromatic rings. The van der Waals surface area contributed by atoms with Crippen LogP contribution in [-0.4, -0.2) is 23.7 Å². The first-order valence-electron chi connectivity index (χ1n) is 4.18. The molecule has 0 atom stereocenters. The van der Waals surface area contributed by atoms with E-state index in [2.05, 4.69) is 15.4 Å². The lowest BCUT2D eigenvalue weighted by Crippen LogP contribution is -2.37. The number of nitrogens with zero attached hydrogens (tertiary/aromatic N) is 3. The molecule has 2 aliphatic heterocycles. The molecule has 0 aromatic carbocycles. The summed E-state index contributed by atoms with van der Waals surface area (Å²) in [5.74, 6) is 1.89. The second-order valence-corrected chi connectivity index (χ2v) is 2.18. The third-order valence-electron chi connectivity index (χ3n) is 1.52. The van der Waals surface area contributed by atoms with Gasteiger partial charge in [-0.2, -0.15) is 0 Å². The molecular formula is C8H14N4. The fraction of sp³-hybridized carbons (Fsp3) is 0.500. The smallest absolute Gasteiger partial charge is 0.147 e. The summed E-state index contributed by atoms with van der Waals surface area (Å²) in [5, 5.41) is 1.88. The van der Waals surface area contributed by atoms with Crippen LogP contribution in [0.3, 0.4) is 0 Å². The largest absolute Gasteiger partial charge is 0.246 e. The van der Waals surface area contributed by atoms with Gasteiger partial charge in [0, 0.05) is 6.54 Å². The Morgan fingerprint density at radius 1 is 1.50 bits per heavy atom. The van der Waals surface area contributed by atoms with Gasteiger partial charge in [0.15, 0.2) is 0 Å². The van der Waals surface area contributed by atoms with E-state index in [0.29, 0.717) is 0 Å². The first kappa shape index (κ1) is 8.93. The molecule has 0 fully saturated rings. The number of amidine groups is 1. The lowest BCUT2D eigenvalue weighted by Gasteiger charge is -2.20. The van der Waals surface area contributed by atoms with Gasteiger partial charge in [-0.25, -0.2) is 20.4 Å². The Morgan fingerprint density at radius 3 is 2.92 bits per heavy atom. The predicted molar refractivity (Wildman–Crippen MR) is 50.9 cm³/mol. The second-order valence-electron chi connectivity index (χ2n) is 2.18. The fourth-order valence-corrected chi connectivity index (χ4v) is 1.02. The highest BCUT2D eigenvalue weighted by Crippen LogP contribution is 2.11. The van der Waals surface area contributed by atoms with Gasteiger partial charge in [0.2, 0.25) is 0 Å². The van der Waals surface area contributed by atoms with Crippen molar-refractivity contribution in [2.45, 2.75) is 20.8 Å². The van der Waals surface area contributed by atoms with E-state index >= 15 is 0 Å². The monoisotopic (exact) mass is 166 g/mol. The quantitative estimate of drug-likeness (QED) is 0.586. The van der Waals surface area contributed by atoms with Crippen molar-refractivity contribution in [2.24, 2.45) is 9.98 Å². The number of hydrazine groups is 1. The molecule has 0 saturated carbocycles. The van der Waals surface area contributed by atoms with Gasteiger partial charge < -0.3 is 0 Å². The molecular weight excluding hydrogens is 152 g/mol. The molecule has 0 aliphatic carbocycles. The molecule has 0 saturated heterocycles. The van der Waals surface area contributed by atoms with Crippen LogP contribution in [0.4, 0.5) is 0 Å². The molecule has 2 heterocycles. The minimum Gasteiger partial charge on any atom is -0.246 e. The summed E-state index contributed by atoms with van der Waals surface area (Å²) in [7, 11) is 0. The van der Waals surface area contributed by atoms with Crippen molar-refractivity contribution in [2.75, 3.05) is 6.54 Å². The highest BCUT2D eigenvalue weighted by Gasteiger charge is 2.17. The topological polar surface area (TPSA) is 40.0 Å². The van der Waals surface area contributed by atoms with E-state index in [9.17, 15) is 0 Å². The van der Waals surface area contributed by atoms with Gasteiger partial charge in [-0.1, -0.05) is 13.8 Å². The molecule has 4 nitrogen and oxygen atoms in total. The third-order valence-corrected chi connectivity index (χ3v) is 1.52. The van der Waals surface area contributed by atoms with E-state index in [1.165, 1.54) is 0 Å². The Bertz CT molecular complexity index is 239. The van der Waals surface area contributed by atoms with E-state index in [0.717, 1.165) is 18.2 Å². The highest BCUT2D eigenvalue weighted by molar-refractivity contribution is 5.90. The van der Waals surface area contributed by atoms with Gasteiger partial charge in [0.1, 0.15) is 18.0 Å². The van der Waals surface area contributed by atoms with E-state index in [4.69, 9.17) is 0 Å². The molecule has 12 heavy (non-hydrogen) atoms. The number of nitrogens with one attached hydrogen (secondary N) is 1. The van der Waals surface area contributed by atoms with Gasteiger partial charge in [-0.05, 0) is 13.0 Å². The SMILES string of the molecule is CC.CC1=NC=NC2=CCNN21. The van der Waals surface area contributed by atoms with Crippen molar-refractivity contribution in [1.82, 2.24) is 10.4 Å². The summed E-state index contributed by atoms with van der Waals surface area (Å²) in [6, 6.07) is 0. The predicted octanol–water partition coefficient (Wildman–Crippen LogP) is 1.13. The Morgan fingerprint density at radius 2 is 2.25 bits per heavy atom. The van der Waals surface area contributed by atoms with E-state index in [-0.39, 0.29) is 0 Å². The zero-order valence-corrected chi connectivity index (χ0v) is 7.70. The van der Waals surface area contributed by atoms with Crippen LogP contribution in [0.1, 0.15) is 20.8 Å². The van der Waals surface area contributed by atoms with Crippen molar-refractivity contribution in [3.8, 4) is 0 Å². The number of rotatable bonds is 0. The van der Waals surface area contributed by atoms with Gasteiger partial charge >= 0.3 is 0 Å². The van der Waals surface area contributed by atoms with Gasteiger partial charge in [-0.15, -0.1) is 0 Å². The number of aliphatic imine (C=N–C) groups is 2. The van der Waals surface area contributed by atoms with Crippen molar-refractivity contribution in [3.63, 3.8) is 0 Å². The molecule has 0 amide bonds. The maximum absolute atomic E-state index is 4.05. The van der Waals surface area contributed by atoms with Gasteiger partial charge in [0.25, 0.3) is 0 Å². The maximum atomic E-state index is 4.05. The summed E-state index contributed by atoms with van der Waals surface area (Å²) in [6.07, 6.45) is 3.60. The Balaban J connectivity index is 0.000000336. The normalized spacial score (nSPS) is 19.1. The molecule has 0 bridgehead atoms. The molecule has 1 N–H and O–H groups in total. The number of hydrogen-bond donors (Lipinski definition) is 1. The first-order valence-corrected chi connectivity index (χ1v) is 4.18. The molecule has 0 aromatic heterocycles. The van der Waals surface area contributed by atoms with Crippen LogP contribution in [0.2, 0.25) is 0 Å². The van der Waals surface area contributed by atoms with Crippen molar-refractivity contribution in [3.05, 3.63) is 11.9 Å². The Hall–Kier alpha value is -1.16. The lowest BCUT2D eigenvalue weighted by atomic mass is 10.5. The van der Waals surface area contributed by atoms with Crippen molar-refractivity contribution >= 4 is 12.2 Å². The Labute approximate surface area is 72.7 Å². The van der Waals surface area contributed by atoms with Crippen LogP contribution < -0.4 is 5.43 Å². The van der Waals surface area contributed by atoms with Crippen LogP contribution in [0, 0.1) is 0 Å². The van der Waals surface area contributed by atoms with E-state index < -0.39 is 0 Å². The standard InChI is InChI=1S/C6H8N4.C2H6/c1-5-7-4-8-6-2-3-9-10(5)6;1-2/h2,4,9H,3H2,1H3;1-2H3. The van der Waals surface area contributed by atoms with Gasteiger partial charge in [0.05, 0.1) is 0 Å². The lowest BCUT2D eigenvalue weighted by molar-refractivity contribution is 0.423. The third kappa shape index (κ3) is 1.53. The zero-order chi connectivity index (χ0) is 8.97. The zero-order valence-electron chi connectivity index (χ0n) is 7.70. The summed E-state index contributed by atoms with van der Waals surface area (Å²) in [4.78, 5) is 8.07. The van der Waals surface area contributed by atoms with Crippen molar-refractivity contribution in [1.29, 1.82) is 0 Å². The van der Waals surface area contributed by atoms with E-state index in [1.807, 2.05) is 31.9 Å². The van der Waals surface area contributed by atoms with Crippen LogP contribution in [0.25, 0.3) is 0 Å². The van der Waals surface area contributed by atoms with Crippen LogP contribution in [0.5, 0.6) is 0 Å². The summed E-state index contributed by atoms with van der Waals surface area (Å²) < 4.78 is 0. The highest BCUT2D eigenvalue weighted by atomic mass is 15.6. The van der Waals surface area contributed by atoms with Crippen LogP contribution in [0.15, 0.2) is 21.9 Å². The minimum atomic E-state index is 0.847. The average Bonchev–Trinajstić information content (AvgIpc) is 2.57. The molecule has 4 heteroatoms. The summed E-state index contributed by atoms with van der Waals surface area (Å²) in [6.45, 7) is 6.79. The average molecular weight is 166 g/mol. The second kappa shape index (κ2) is 4.01. The van der Waals surface area contributed by atoms with Gasteiger partial charge in [-0.3, -0.25) is 0 Å². The summed E-state index contributed by atoms with van der Waals surface area (Å²) >= 11 is 0. The van der Waals surface area contributed by atoms with Crippen LogP contribution >= 0.6 is 0 Å². The Kier molecular flexibility index (Phi) is 2.99. The number of fused-ring (bicyclic) bond motifs is 1. The molecule has 66 valence electrons. The molecule has 0 unspecified atom stereocenters. The molecule has 2 rings (SSSR count).